The summed E-state index contributed by atoms with van der Waals surface area (Å²) in [5.41, 5.74) is 7.86. The molecule has 0 aromatic carbocycles. The van der Waals surface area contributed by atoms with E-state index < -0.39 is 0 Å². The number of aromatic nitrogens is 1. The van der Waals surface area contributed by atoms with Crippen LogP contribution in [0.4, 0.5) is 0 Å². The second-order valence-corrected chi connectivity index (χ2v) is 6.09. The highest BCUT2D eigenvalue weighted by atomic mass is 15.2. The van der Waals surface area contributed by atoms with Gasteiger partial charge in [-0.25, -0.2) is 0 Å². The van der Waals surface area contributed by atoms with Gasteiger partial charge in [-0.2, -0.15) is 0 Å². The van der Waals surface area contributed by atoms with E-state index in [1.165, 1.54) is 57.6 Å². The molecule has 0 bridgehead atoms. The van der Waals surface area contributed by atoms with Crippen LogP contribution in [0.25, 0.3) is 0 Å². The molecule has 2 N–H and O–H groups in total. The van der Waals surface area contributed by atoms with Crippen molar-refractivity contribution in [3.8, 4) is 0 Å². The summed E-state index contributed by atoms with van der Waals surface area (Å²) in [7, 11) is 0. The van der Waals surface area contributed by atoms with Crippen molar-refractivity contribution >= 4 is 0 Å². The molecule has 21 heavy (non-hydrogen) atoms. The highest BCUT2D eigenvalue weighted by Gasteiger charge is 2.14. The molecular formula is C17H30N4. The molecule has 1 aromatic heterocycles. The van der Waals surface area contributed by atoms with E-state index in [4.69, 9.17) is 5.73 Å². The van der Waals surface area contributed by atoms with Crippen molar-refractivity contribution < 1.29 is 0 Å². The van der Waals surface area contributed by atoms with Gasteiger partial charge in [0.05, 0.1) is 5.69 Å². The van der Waals surface area contributed by atoms with Gasteiger partial charge in [0.1, 0.15) is 0 Å². The standard InChI is InChI=1S/C17H30N4/c1-16-7-5-8-17(19-16)15-21-12-6-11-20(13-14-21)10-4-2-3-9-18/h5,7-8H,2-4,6,9-15,18H2,1H3. The fourth-order valence-electron chi connectivity index (χ4n) is 2.98. The number of unbranched alkanes of at least 4 members (excludes halogenated alkanes) is 2. The Bertz CT molecular complexity index is 408. The lowest BCUT2D eigenvalue weighted by Crippen LogP contribution is -2.31. The summed E-state index contributed by atoms with van der Waals surface area (Å²) in [5, 5.41) is 0. The van der Waals surface area contributed by atoms with Gasteiger partial charge in [0.2, 0.25) is 0 Å². The van der Waals surface area contributed by atoms with Crippen molar-refractivity contribution in [1.29, 1.82) is 0 Å². The van der Waals surface area contributed by atoms with E-state index in [-0.39, 0.29) is 0 Å². The maximum Gasteiger partial charge on any atom is 0.0547 e. The molecule has 4 heteroatoms. The van der Waals surface area contributed by atoms with Crippen LogP contribution in [-0.4, -0.2) is 54.1 Å². The number of rotatable bonds is 7. The van der Waals surface area contributed by atoms with Gasteiger partial charge in [0.15, 0.2) is 0 Å². The Labute approximate surface area is 129 Å². The van der Waals surface area contributed by atoms with Crippen LogP contribution >= 0.6 is 0 Å². The fourth-order valence-corrected chi connectivity index (χ4v) is 2.98. The van der Waals surface area contributed by atoms with Crippen LogP contribution in [0.5, 0.6) is 0 Å². The first kappa shape index (κ1) is 16.4. The highest BCUT2D eigenvalue weighted by molar-refractivity contribution is 5.09. The van der Waals surface area contributed by atoms with Crippen LogP contribution in [0, 0.1) is 6.92 Å². The van der Waals surface area contributed by atoms with Crippen LogP contribution in [0.3, 0.4) is 0 Å². The Morgan fingerprint density at radius 3 is 2.67 bits per heavy atom. The molecular weight excluding hydrogens is 260 g/mol. The molecule has 0 saturated carbocycles. The molecule has 0 unspecified atom stereocenters. The van der Waals surface area contributed by atoms with E-state index >= 15 is 0 Å². The molecule has 1 fully saturated rings. The quantitative estimate of drug-likeness (QED) is 0.781. The maximum absolute atomic E-state index is 5.55. The first-order valence-electron chi connectivity index (χ1n) is 8.35. The van der Waals surface area contributed by atoms with Gasteiger partial charge in [-0.3, -0.25) is 9.88 Å². The summed E-state index contributed by atoms with van der Waals surface area (Å²) < 4.78 is 0. The maximum atomic E-state index is 5.55. The van der Waals surface area contributed by atoms with Gasteiger partial charge in [-0.05, 0) is 64.5 Å². The molecule has 0 amide bonds. The molecule has 1 aromatic rings. The summed E-state index contributed by atoms with van der Waals surface area (Å²) in [6, 6.07) is 6.32. The lowest BCUT2D eigenvalue weighted by molar-refractivity contribution is 0.247. The third kappa shape index (κ3) is 6.12. The van der Waals surface area contributed by atoms with Crippen LogP contribution in [0.2, 0.25) is 0 Å². The van der Waals surface area contributed by atoms with E-state index in [9.17, 15) is 0 Å². The molecule has 0 aliphatic carbocycles. The van der Waals surface area contributed by atoms with Crippen LogP contribution < -0.4 is 5.73 Å². The summed E-state index contributed by atoms with van der Waals surface area (Å²) >= 11 is 0. The van der Waals surface area contributed by atoms with E-state index in [2.05, 4.69) is 39.9 Å². The zero-order chi connectivity index (χ0) is 14.9. The minimum atomic E-state index is 0.831. The number of pyridine rings is 1. The molecule has 0 atom stereocenters. The second-order valence-electron chi connectivity index (χ2n) is 6.09. The predicted octanol–water partition coefficient (Wildman–Crippen LogP) is 2.03. The Morgan fingerprint density at radius 2 is 1.86 bits per heavy atom. The summed E-state index contributed by atoms with van der Waals surface area (Å²) in [4.78, 5) is 9.77. The van der Waals surface area contributed by atoms with Gasteiger partial charge in [0, 0.05) is 25.3 Å². The number of nitrogens with zero attached hydrogens (tertiary/aromatic N) is 3. The van der Waals surface area contributed by atoms with Crippen LogP contribution in [0.1, 0.15) is 37.1 Å². The summed E-state index contributed by atoms with van der Waals surface area (Å²) in [6.07, 6.45) is 4.99. The SMILES string of the molecule is Cc1cccc(CN2CCCN(CCCCCN)CC2)n1. The zero-order valence-corrected chi connectivity index (χ0v) is 13.4. The fraction of sp³-hybridized carbons (Fsp3) is 0.706. The van der Waals surface area contributed by atoms with E-state index in [1.807, 2.05) is 0 Å². The van der Waals surface area contributed by atoms with Crippen molar-refractivity contribution in [1.82, 2.24) is 14.8 Å². The summed E-state index contributed by atoms with van der Waals surface area (Å²) in [6.45, 7) is 9.89. The topological polar surface area (TPSA) is 45.4 Å². The molecule has 2 rings (SSSR count). The predicted molar refractivity (Wildman–Crippen MR) is 88.2 cm³/mol. The average molecular weight is 290 g/mol. The molecule has 2 heterocycles. The molecule has 4 nitrogen and oxygen atoms in total. The lowest BCUT2D eigenvalue weighted by atomic mass is 10.2. The third-order valence-corrected chi connectivity index (χ3v) is 4.19. The first-order valence-corrected chi connectivity index (χ1v) is 8.35. The lowest BCUT2D eigenvalue weighted by Gasteiger charge is -2.21. The van der Waals surface area contributed by atoms with Gasteiger partial charge in [-0.1, -0.05) is 12.5 Å². The van der Waals surface area contributed by atoms with Gasteiger partial charge in [0.25, 0.3) is 0 Å². The van der Waals surface area contributed by atoms with Crippen LogP contribution in [-0.2, 0) is 6.54 Å². The smallest absolute Gasteiger partial charge is 0.0547 e. The monoisotopic (exact) mass is 290 g/mol. The normalized spacial score (nSPS) is 17.8. The molecule has 1 aliphatic rings. The minimum Gasteiger partial charge on any atom is -0.330 e. The molecule has 1 saturated heterocycles. The molecule has 0 radical (unpaired) electrons. The largest absolute Gasteiger partial charge is 0.330 e. The van der Waals surface area contributed by atoms with Crippen molar-refractivity contribution in [2.45, 2.75) is 39.2 Å². The molecule has 118 valence electrons. The Kier molecular flexibility index (Phi) is 7.13. The van der Waals surface area contributed by atoms with Crippen molar-refractivity contribution in [3.63, 3.8) is 0 Å². The van der Waals surface area contributed by atoms with E-state index in [0.717, 1.165) is 25.3 Å². The third-order valence-electron chi connectivity index (χ3n) is 4.19. The Morgan fingerprint density at radius 1 is 1.05 bits per heavy atom. The van der Waals surface area contributed by atoms with Gasteiger partial charge < -0.3 is 10.6 Å². The summed E-state index contributed by atoms with van der Waals surface area (Å²) in [5.74, 6) is 0. The zero-order valence-electron chi connectivity index (χ0n) is 13.4. The molecule has 0 spiro atoms. The number of hydrogen-bond donors (Lipinski definition) is 1. The highest BCUT2D eigenvalue weighted by Crippen LogP contribution is 2.09. The van der Waals surface area contributed by atoms with Gasteiger partial charge in [-0.15, -0.1) is 0 Å². The van der Waals surface area contributed by atoms with Gasteiger partial charge >= 0.3 is 0 Å². The van der Waals surface area contributed by atoms with Crippen molar-refractivity contribution in [2.75, 3.05) is 39.3 Å². The Hall–Kier alpha value is -0.970. The molecule has 1 aliphatic heterocycles. The van der Waals surface area contributed by atoms with E-state index in [0.29, 0.717) is 0 Å². The van der Waals surface area contributed by atoms with E-state index in [1.54, 1.807) is 0 Å². The average Bonchev–Trinajstić information content (AvgIpc) is 2.69. The minimum absolute atomic E-state index is 0.831. The number of aryl methyl sites for hydroxylation is 1. The first-order chi connectivity index (χ1) is 10.3. The Balaban J connectivity index is 1.73. The van der Waals surface area contributed by atoms with Crippen LogP contribution in [0.15, 0.2) is 18.2 Å². The number of hydrogen-bond acceptors (Lipinski definition) is 4. The second kappa shape index (κ2) is 9.13. The van der Waals surface area contributed by atoms with Crippen molar-refractivity contribution in [2.24, 2.45) is 5.73 Å². The number of nitrogens with two attached hydrogens (primary N) is 1. The van der Waals surface area contributed by atoms with Crippen molar-refractivity contribution in [3.05, 3.63) is 29.6 Å².